The quantitative estimate of drug-likeness (QED) is 0.586. The highest BCUT2D eigenvalue weighted by atomic mass is 15.1. The first-order valence-electron chi connectivity index (χ1n) is 5.96. The van der Waals surface area contributed by atoms with Crippen molar-refractivity contribution in [3.8, 4) is 0 Å². The van der Waals surface area contributed by atoms with Crippen molar-refractivity contribution in [3.05, 3.63) is 29.8 Å². The zero-order valence-corrected chi connectivity index (χ0v) is 10.5. The molecule has 1 unspecified atom stereocenters. The molecule has 92 valence electrons. The number of nitrogens with one attached hydrogen (secondary N) is 1. The van der Waals surface area contributed by atoms with E-state index < -0.39 is 0 Å². The highest BCUT2D eigenvalue weighted by Gasteiger charge is 2.21. The van der Waals surface area contributed by atoms with Crippen molar-refractivity contribution in [3.63, 3.8) is 0 Å². The molecule has 0 radical (unpaired) electrons. The Kier molecular flexibility index (Phi) is 3.52. The van der Waals surface area contributed by atoms with E-state index in [0.29, 0.717) is 11.9 Å². The van der Waals surface area contributed by atoms with Gasteiger partial charge < -0.3 is 16.0 Å². The van der Waals surface area contributed by atoms with Crippen LogP contribution in [0.25, 0.3) is 0 Å². The number of hydrogen-bond acceptors (Lipinski definition) is 2. The lowest BCUT2D eigenvalue weighted by Gasteiger charge is -2.33. The zero-order valence-electron chi connectivity index (χ0n) is 10.5. The Morgan fingerprint density at radius 1 is 1.53 bits per heavy atom. The van der Waals surface area contributed by atoms with Gasteiger partial charge in [0.2, 0.25) is 0 Å². The fourth-order valence-corrected chi connectivity index (χ4v) is 2.38. The van der Waals surface area contributed by atoms with Crippen molar-refractivity contribution in [2.24, 2.45) is 16.6 Å². The number of hydrogen-bond donors (Lipinski definition) is 2. The topological polar surface area (TPSA) is 53.6 Å². The van der Waals surface area contributed by atoms with Crippen molar-refractivity contribution < 1.29 is 0 Å². The molecule has 0 saturated heterocycles. The third-order valence-electron chi connectivity index (χ3n) is 3.26. The van der Waals surface area contributed by atoms with E-state index in [2.05, 4.69) is 46.5 Å². The number of nitrogens with two attached hydrogens (primary N) is 1. The molecule has 1 aromatic rings. The summed E-state index contributed by atoms with van der Waals surface area (Å²) in [6.45, 7) is 1.93. The Balaban J connectivity index is 2.02. The van der Waals surface area contributed by atoms with Gasteiger partial charge in [-0.15, -0.1) is 0 Å². The Morgan fingerprint density at radius 2 is 2.29 bits per heavy atom. The summed E-state index contributed by atoms with van der Waals surface area (Å²) >= 11 is 0. The maximum Gasteiger partial charge on any atom is 0.188 e. The van der Waals surface area contributed by atoms with E-state index in [1.54, 1.807) is 7.05 Å². The number of para-hydroxylation sites is 1. The second-order valence-electron chi connectivity index (χ2n) is 4.57. The van der Waals surface area contributed by atoms with Crippen LogP contribution in [-0.4, -0.2) is 33.1 Å². The molecule has 1 aliphatic rings. The number of nitrogens with zero attached hydrogens (tertiary/aromatic N) is 2. The molecule has 1 atom stereocenters. The van der Waals surface area contributed by atoms with Gasteiger partial charge in [-0.05, 0) is 24.0 Å². The predicted molar refractivity (Wildman–Crippen MR) is 72.5 cm³/mol. The average Bonchev–Trinajstić information content (AvgIpc) is 2.36. The number of anilines is 1. The second-order valence-corrected chi connectivity index (χ2v) is 4.57. The van der Waals surface area contributed by atoms with Gasteiger partial charge in [0.1, 0.15) is 0 Å². The minimum Gasteiger partial charge on any atom is -0.374 e. The zero-order chi connectivity index (χ0) is 12.3. The maximum atomic E-state index is 5.64. The molecule has 17 heavy (non-hydrogen) atoms. The molecule has 0 saturated carbocycles. The van der Waals surface area contributed by atoms with Gasteiger partial charge in [0.25, 0.3) is 0 Å². The lowest BCUT2D eigenvalue weighted by Crippen LogP contribution is -2.41. The molecule has 0 spiro atoms. The number of guanidine groups is 1. The van der Waals surface area contributed by atoms with Crippen LogP contribution in [-0.2, 0) is 6.42 Å². The third kappa shape index (κ3) is 2.70. The van der Waals surface area contributed by atoms with Crippen molar-refractivity contribution >= 4 is 11.6 Å². The summed E-state index contributed by atoms with van der Waals surface area (Å²) in [7, 11) is 3.84. The molecule has 0 amide bonds. The Labute approximate surface area is 103 Å². The van der Waals surface area contributed by atoms with Crippen LogP contribution in [0.15, 0.2) is 29.3 Å². The average molecular weight is 232 g/mol. The van der Waals surface area contributed by atoms with Crippen LogP contribution in [0, 0.1) is 5.92 Å². The molecule has 0 aliphatic carbocycles. The fraction of sp³-hybridized carbons (Fsp3) is 0.462. The van der Waals surface area contributed by atoms with Crippen LogP contribution in [0.1, 0.15) is 5.56 Å². The van der Waals surface area contributed by atoms with E-state index >= 15 is 0 Å². The molecule has 1 aromatic carbocycles. The first kappa shape index (κ1) is 11.8. The highest BCUT2D eigenvalue weighted by Crippen LogP contribution is 2.27. The summed E-state index contributed by atoms with van der Waals surface area (Å²) < 4.78 is 0. The molecule has 4 heteroatoms. The largest absolute Gasteiger partial charge is 0.374 e. The lowest BCUT2D eigenvalue weighted by atomic mass is 9.93. The van der Waals surface area contributed by atoms with Crippen LogP contribution in [0.4, 0.5) is 5.69 Å². The first-order chi connectivity index (χ1) is 8.20. The minimum atomic E-state index is 0.520. The SMILES string of the molecule is CN=C(N)NCC1Cc2ccccc2N(C)C1. The van der Waals surface area contributed by atoms with Crippen LogP contribution < -0.4 is 16.0 Å². The van der Waals surface area contributed by atoms with Gasteiger partial charge >= 0.3 is 0 Å². The summed E-state index contributed by atoms with van der Waals surface area (Å²) in [4.78, 5) is 6.22. The number of fused-ring (bicyclic) bond motifs is 1. The molecule has 0 aromatic heterocycles. The van der Waals surface area contributed by atoms with Gasteiger partial charge in [0.05, 0.1) is 0 Å². The van der Waals surface area contributed by atoms with Crippen LogP contribution in [0.3, 0.4) is 0 Å². The van der Waals surface area contributed by atoms with Crippen LogP contribution >= 0.6 is 0 Å². The predicted octanol–water partition coefficient (Wildman–Crippen LogP) is 0.829. The monoisotopic (exact) mass is 232 g/mol. The number of benzene rings is 1. The molecule has 1 aliphatic heterocycles. The summed E-state index contributed by atoms with van der Waals surface area (Å²) in [5.41, 5.74) is 8.41. The van der Waals surface area contributed by atoms with Gasteiger partial charge in [-0.3, -0.25) is 4.99 Å². The molecular weight excluding hydrogens is 212 g/mol. The fourth-order valence-electron chi connectivity index (χ4n) is 2.38. The summed E-state index contributed by atoms with van der Waals surface area (Å²) in [6, 6.07) is 8.58. The Hall–Kier alpha value is -1.71. The van der Waals surface area contributed by atoms with Crippen molar-refractivity contribution in [1.82, 2.24) is 5.32 Å². The smallest absolute Gasteiger partial charge is 0.188 e. The van der Waals surface area contributed by atoms with E-state index in [-0.39, 0.29) is 0 Å². The van der Waals surface area contributed by atoms with Gasteiger partial charge in [0, 0.05) is 32.9 Å². The normalized spacial score (nSPS) is 20.0. The second kappa shape index (κ2) is 5.08. The molecule has 0 fully saturated rings. The number of aliphatic imine (C=N–C) groups is 1. The Bertz CT molecular complexity index is 414. The van der Waals surface area contributed by atoms with E-state index in [4.69, 9.17) is 5.73 Å². The van der Waals surface area contributed by atoms with Gasteiger partial charge in [0.15, 0.2) is 5.96 Å². The highest BCUT2D eigenvalue weighted by molar-refractivity contribution is 5.77. The van der Waals surface area contributed by atoms with E-state index in [1.807, 2.05) is 0 Å². The van der Waals surface area contributed by atoms with E-state index in [0.717, 1.165) is 19.5 Å². The van der Waals surface area contributed by atoms with Crippen molar-refractivity contribution in [1.29, 1.82) is 0 Å². The minimum absolute atomic E-state index is 0.520. The van der Waals surface area contributed by atoms with Gasteiger partial charge in [-0.1, -0.05) is 18.2 Å². The standard InChI is InChI=1S/C13H20N4/c1-15-13(14)16-8-10-7-11-5-3-4-6-12(11)17(2)9-10/h3-6,10H,7-9H2,1-2H3,(H3,14,15,16). The molecule has 2 rings (SSSR count). The van der Waals surface area contributed by atoms with Crippen molar-refractivity contribution in [2.45, 2.75) is 6.42 Å². The van der Waals surface area contributed by atoms with Crippen LogP contribution in [0.5, 0.6) is 0 Å². The Morgan fingerprint density at radius 3 is 3.06 bits per heavy atom. The summed E-state index contributed by atoms with van der Waals surface area (Å²) in [6.07, 6.45) is 1.10. The van der Waals surface area contributed by atoms with Crippen LogP contribution in [0.2, 0.25) is 0 Å². The molecular formula is C13H20N4. The van der Waals surface area contributed by atoms with E-state index in [9.17, 15) is 0 Å². The summed E-state index contributed by atoms with van der Waals surface area (Å²) in [5, 5.41) is 3.15. The first-order valence-corrected chi connectivity index (χ1v) is 5.96. The molecule has 0 bridgehead atoms. The lowest BCUT2D eigenvalue weighted by molar-refractivity contribution is 0.494. The molecule has 3 N–H and O–H groups in total. The van der Waals surface area contributed by atoms with Gasteiger partial charge in [-0.2, -0.15) is 0 Å². The van der Waals surface area contributed by atoms with Crippen molar-refractivity contribution in [2.75, 3.05) is 32.1 Å². The molecule has 1 heterocycles. The summed E-state index contributed by atoms with van der Waals surface area (Å²) in [5.74, 6) is 1.10. The molecule has 4 nitrogen and oxygen atoms in total. The van der Waals surface area contributed by atoms with E-state index in [1.165, 1.54) is 11.3 Å². The van der Waals surface area contributed by atoms with Gasteiger partial charge in [-0.25, -0.2) is 0 Å². The third-order valence-corrected chi connectivity index (χ3v) is 3.26. The number of rotatable bonds is 2. The maximum absolute atomic E-state index is 5.64.